The maximum Gasteiger partial charge on any atom is 0.124 e. The average molecular weight is 391 g/mol. The molecule has 3 aromatic rings. The molecule has 0 aliphatic rings. The van der Waals surface area contributed by atoms with E-state index in [1.165, 1.54) is 17.2 Å². The highest BCUT2D eigenvalue weighted by Crippen LogP contribution is 2.33. The highest BCUT2D eigenvalue weighted by molar-refractivity contribution is 5.61. The smallest absolute Gasteiger partial charge is 0.124 e. The van der Waals surface area contributed by atoms with E-state index in [1.807, 2.05) is 6.92 Å². The topological polar surface area (TPSA) is 78.5 Å². The van der Waals surface area contributed by atoms with Crippen LogP contribution < -0.4 is 11.1 Å². The summed E-state index contributed by atoms with van der Waals surface area (Å²) < 4.78 is 0. The van der Waals surface area contributed by atoms with E-state index in [9.17, 15) is 10.2 Å². The molecule has 1 atom stereocenters. The molecule has 0 amide bonds. The van der Waals surface area contributed by atoms with Crippen molar-refractivity contribution >= 4 is 11.4 Å². The minimum absolute atomic E-state index is 0.0586. The van der Waals surface area contributed by atoms with Crippen LogP contribution in [-0.2, 0) is 6.42 Å². The Bertz CT molecular complexity index is 1010. The predicted octanol–water partition coefficient (Wildman–Crippen LogP) is 5.68. The Labute approximate surface area is 173 Å². The van der Waals surface area contributed by atoms with Crippen LogP contribution in [0.3, 0.4) is 0 Å². The van der Waals surface area contributed by atoms with Gasteiger partial charge in [0.2, 0.25) is 0 Å². The van der Waals surface area contributed by atoms with Crippen LogP contribution in [0, 0.1) is 27.7 Å². The van der Waals surface area contributed by atoms with Crippen LogP contribution >= 0.6 is 0 Å². The number of anilines is 2. The van der Waals surface area contributed by atoms with Crippen LogP contribution in [0.2, 0.25) is 0 Å². The highest BCUT2D eigenvalue weighted by Gasteiger charge is 2.14. The third kappa shape index (κ3) is 4.48. The van der Waals surface area contributed by atoms with Crippen molar-refractivity contribution in [3.8, 4) is 11.5 Å². The van der Waals surface area contributed by atoms with Gasteiger partial charge in [0.25, 0.3) is 0 Å². The third-order valence-corrected chi connectivity index (χ3v) is 5.50. The van der Waals surface area contributed by atoms with Crippen molar-refractivity contribution in [3.63, 3.8) is 0 Å². The first kappa shape index (κ1) is 20.6. The van der Waals surface area contributed by atoms with Crippen molar-refractivity contribution in [2.24, 2.45) is 0 Å². The Kier molecular flexibility index (Phi) is 5.73. The fraction of sp³-hybridized carbons (Fsp3) is 0.280. The molecule has 1 unspecified atom stereocenters. The molecule has 5 N–H and O–H groups in total. The van der Waals surface area contributed by atoms with E-state index < -0.39 is 0 Å². The monoisotopic (exact) mass is 390 g/mol. The van der Waals surface area contributed by atoms with Gasteiger partial charge in [0.05, 0.1) is 6.04 Å². The molecule has 0 saturated carbocycles. The summed E-state index contributed by atoms with van der Waals surface area (Å²) in [5.74, 6) is 0.148. The van der Waals surface area contributed by atoms with E-state index in [0.717, 1.165) is 45.6 Å². The van der Waals surface area contributed by atoms with Gasteiger partial charge in [0.1, 0.15) is 11.5 Å². The van der Waals surface area contributed by atoms with Gasteiger partial charge in [0.15, 0.2) is 0 Å². The minimum Gasteiger partial charge on any atom is -0.508 e. The van der Waals surface area contributed by atoms with E-state index in [0.29, 0.717) is 0 Å². The maximum absolute atomic E-state index is 10.1. The summed E-state index contributed by atoms with van der Waals surface area (Å²) in [4.78, 5) is 0. The van der Waals surface area contributed by atoms with Crippen LogP contribution in [0.15, 0.2) is 42.5 Å². The zero-order valence-corrected chi connectivity index (χ0v) is 17.8. The number of nitrogens with two attached hydrogens (primary N) is 1. The largest absolute Gasteiger partial charge is 0.508 e. The molecule has 0 fully saturated rings. The normalized spacial score (nSPS) is 12.0. The third-order valence-electron chi connectivity index (χ3n) is 5.50. The van der Waals surface area contributed by atoms with Gasteiger partial charge >= 0.3 is 0 Å². The van der Waals surface area contributed by atoms with Crippen LogP contribution in [0.5, 0.6) is 11.5 Å². The molecule has 0 bridgehead atoms. The number of nitrogens with one attached hydrogen (secondary N) is 1. The molecule has 29 heavy (non-hydrogen) atoms. The number of hydrogen-bond donors (Lipinski definition) is 4. The number of phenols is 2. The predicted molar refractivity (Wildman–Crippen MR) is 121 cm³/mol. The first-order valence-corrected chi connectivity index (χ1v) is 9.90. The molecule has 0 aromatic heterocycles. The van der Waals surface area contributed by atoms with Crippen LogP contribution in [0.25, 0.3) is 0 Å². The first-order valence-electron chi connectivity index (χ1n) is 9.90. The number of hydrogen-bond acceptors (Lipinski definition) is 4. The molecular formula is C25H30N2O2. The summed E-state index contributed by atoms with van der Waals surface area (Å²) in [7, 11) is 0. The molecule has 0 aliphatic carbocycles. The van der Waals surface area contributed by atoms with Crippen molar-refractivity contribution < 1.29 is 10.2 Å². The van der Waals surface area contributed by atoms with E-state index in [2.05, 4.69) is 57.3 Å². The molecule has 0 spiro atoms. The van der Waals surface area contributed by atoms with E-state index >= 15 is 0 Å². The van der Waals surface area contributed by atoms with E-state index in [4.69, 9.17) is 5.73 Å². The number of benzene rings is 3. The van der Waals surface area contributed by atoms with Gasteiger partial charge in [-0.15, -0.1) is 0 Å². The molecule has 3 aromatic carbocycles. The second-order valence-corrected chi connectivity index (χ2v) is 8.03. The molecule has 152 valence electrons. The van der Waals surface area contributed by atoms with Crippen LogP contribution in [0.1, 0.15) is 51.9 Å². The van der Waals surface area contributed by atoms with E-state index in [-0.39, 0.29) is 17.5 Å². The molecule has 4 heteroatoms. The Morgan fingerprint density at radius 3 is 1.86 bits per heavy atom. The number of nitrogen functional groups attached to an aromatic ring is 1. The average Bonchev–Trinajstić information content (AvgIpc) is 2.62. The SMILES string of the molecule is Cc1cc(Cc2cc(C)c(NC(C)c3ccc(O)cc3O)c(C)c2)cc(C)c1N. The Morgan fingerprint density at radius 1 is 0.828 bits per heavy atom. The van der Waals surface area contributed by atoms with Crippen LogP contribution in [-0.4, -0.2) is 10.2 Å². The van der Waals surface area contributed by atoms with Gasteiger partial charge < -0.3 is 21.3 Å². The maximum atomic E-state index is 10.1. The molecule has 3 rings (SSSR count). The van der Waals surface area contributed by atoms with Gasteiger partial charge in [-0.05, 0) is 86.6 Å². The fourth-order valence-electron chi connectivity index (χ4n) is 3.98. The lowest BCUT2D eigenvalue weighted by Crippen LogP contribution is -2.09. The minimum atomic E-state index is -0.0961. The second-order valence-electron chi connectivity index (χ2n) is 8.03. The molecule has 0 saturated heterocycles. The standard InChI is InChI=1S/C25H30N2O2/c1-14-8-19(9-15(2)24(14)26)12-20-10-16(3)25(17(4)11-20)27-18(5)22-7-6-21(28)13-23(22)29/h6-11,13,18,27-29H,12,26H2,1-5H3. The highest BCUT2D eigenvalue weighted by atomic mass is 16.3. The van der Waals surface area contributed by atoms with Gasteiger partial charge in [0, 0.05) is 23.0 Å². The lowest BCUT2D eigenvalue weighted by atomic mass is 9.95. The quantitative estimate of drug-likeness (QED) is 0.423. The number of phenolic OH excluding ortho intramolecular Hbond substituents is 2. The number of rotatable bonds is 5. The summed E-state index contributed by atoms with van der Waals surface area (Å²) in [5, 5.41) is 23.2. The summed E-state index contributed by atoms with van der Waals surface area (Å²) in [5.41, 5.74) is 15.9. The lowest BCUT2D eigenvalue weighted by Gasteiger charge is -2.21. The fourth-order valence-corrected chi connectivity index (χ4v) is 3.98. The van der Waals surface area contributed by atoms with Gasteiger partial charge in [-0.1, -0.05) is 24.3 Å². The Hall–Kier alpha value is -3.14. The summed E-state index contributed by atoms with van der Waals surface area (Å²) in [6.07, 6.45) is 0.859. The Morgan fingerprint density at radius 2 is 1.34 bits per heavy atom. The van der Waals surface area contributed by atoms with Crippen molar-refractivity contribution in [2.45, 2.75) is 47.1 Å². The van der Waals surface area contributed by atoms with E-state index in [1.54, 1.807) is 12.1 Å². The molecule has 4 nitrogen and oxygen atoms in total. The summed E-state index contributed by atoms with van der Waals surface area (Å²) in [6.45, 7) is 10.3. The summed E-state index contributed by atoms with van der Waals surface area (Å²) in [6, 6.07) is 13.3. The number of aryl methyl sites for hydroxylation is 4. The molecule has 0 heterocycles. The van der Waals surface area contributed by atoms with Crippen molar-refractivity contribution in [2.75, 3.05) is 11.1 Å². The lowest BCUT2D eigenvalue weighted by molar-refractivity contribution is 0.444. The van der Waals surface area contributed by atoms with Gasteiger partial charge in [-0.3, -0.25) is 0 Å². The van der Waals surface area contributed by atoms with Gasteiger partial charge in [-0.25, -0.2) is 0 Å². The first-order chi connectivity index (χ1) is 13.7. The van der Waals surface area contributed by atoms with Gasteiger partial charge in [-0.2, -0.15) is 0 Å². The second kappa shape index (κ2) is 8.08. The Balaban J connectivity index is 1.84. The molecule has 0 radical (unpaired) electrons. The summed E-state index contributed by atoms with van der Waals surface area (Å²) >= 11 is 0. The van der Waals surface area contributed by atoms with Crippen molar-refractivity contribution in [1.29, 1.82) is 0 Å². The van der Waals surface area contributed by atoms with Crippen LogP contribution in [0.4, 0.5) is 11.4 Å². The zero-order chi connectivity index (χ0) is 21.3. The van der Waals surface area contributed by atoms with Crippen molar-refractivity contribution in [3.05, 3.63) is 81.4 Å². The zero-order valence-electron chi connectivity index (χ0n) is 17.8. The molecule has 0 aliphatic heterocycles. The van der Waals surface area contributed by atoms with Crippen molar-refractivity contribution in [1.82, 2.24) is 0 Å². The number of aromatic hydroxyl groups is 2. The molecular weight excluding hydrogens is 360 g/mol.